The zero-order valence-corrected chi connectivity index (χ0v) is 14.8. The third-order valence-electron chi connectivity index (χ3n) is 3.96. The van der Waals surface area contributed by atoms with Crippen LogP contribution in [0.5, 0.6) is 0 Å². The predicted octanol–water partition coefficient (Wildman–Crippen LogP) is 4.16. The summed E-state index contributed by atoms with van der Waals surface area (Å²) >= 11 is 0. The van der Waals surface area contributed by atoms with E-state index in [1.54, 1.807) is 19.9 Å². The van der Waals surface area contributed by atoms with Gasteiger partial charge in [-0.25, -0.2) is 4.79 Å². The Bertz CT molecular complexity index is 827. The minimum absolute atomic E-state index is 0.164. The van der Waals surface area contributed by atoms with Gasteiger partial charge >= 0.3 is 5.97 Å². The number of anilines is 1. The molecule has 5 nitrogen and oxygen atoms in total. The Morgan fingerprint density at radius 3 is 2.12 bits per heavy atom. The van der Waals surface area contributed by atoms with E-state index < -0.39 is 5.97 Å². The lowest BCUT2D eigenvalue weighted by molar-refractivity contribution is 0.0526. The summed E-state index contributed by atoms with van der Waals surface area (Å²) in [4.78, 5) is 12.3. The molecule has 0 saturated carbocycles. The molecule has 0 aliphatic heterocycles. The van der Waals surface area contributed by atoms with E-state index in [-0.39, 0.29) is 6.04 Å². The van der Waals surface area contributed by atoms with Crippen LogP contribution in [0.3, 0.4) is 0 Å². The molecule has 0 unspecified atom stereocenters. The molecule has 0 amide bonds. The van der Waals surface area contributed by atoms with Gasteiger partial charge in [0.15, 0.2) is 5.82 Å². The molecule has 0 aliphatic rings. The fourth-order valence-corrected chi connectivity index (χ4v) is 2.75. The number of benzene rings is 2. The van der Waals surface area contributed by atoms with Crippen LogP contribution in [-0.4, -0.2) is 22.8 Å². The number of carbonyl (C=O) groups is 1. The standard InChI is InChI=1S/C21H21N3O2/c1-3-26-21(25)18-14-15(2)23-24-20(18)22-19(16-10-6-4-7-11-16)17-12-8-5-9-13-17/h4-14,19H,3H2,1-2H3,(H,22,24). The third kappa shape index (κ3) is 4.06. The first-order valence-electron chi connectivity index (χ1n) is 8.57. The van der Waals surface area contributed by atoms with Crippen LogP contribution >= 0.6 is 0 Å². The van der Waals surface area contributed by atoms with Crippen LogP contribution < -0.4 is 5.32 Å². The van der Waals surface area contributed by atoms with E-state index in [1.165, 1.54) is 0 Å². The smallest absolute Gasteiger partial charge is 0.342 e. The lowest BCUT2D eigenvalue weighted by Gasteiger charge is -2.21. The molecule has 2 aromatic carbocycles. The van der Waals surface area contributed by atoms with Crippen molar-refractivity contribution in [2.75, 3.05) is 11.9 Å². The molecule has 1 N–H and O–H groups in total. The minimum atomic E-state index is -0.409. The number of nitrogens with one attached hydrogen (secondary N) is 1. The fourth-order valence-electron chi connectivity index (χ4n) is 2.75. The Labute approximate surface area is 153 Å². The van der Waals surface area contributed by atoms with Crippen molar-refractivity contribution in [1.82, 2.24) is 10.2 Å². The van der Waals surface area contributed by atoms with Crippen molar-refractivity contribution < 1.29 is 9.53 Å². The maximum absolute atomic E-state index is 12.3. The molecule has 0 aliphatic carbocycles. The molecule has 0 bridgehead atoms. The topological polar surface area (TPSA) is 64.1 Å². The number of hydrogen-bond donors (Lipinski definition) is 1. The van der Waals surface area contributed by atoms with E-state index in [0.29, 0.717) is 23.7 Å². The summed E-state index contributed by atoms with van der Waals surface area (Å²) in [7, 11) is 0. The number of hydrogen-bond acceptors (Lipinski definition) is 5. The van der Waals surface area contributed by atoms with Gasteiger partial charge in [-0.3, -0.25) is 0 Å². The van der Waals surface area contributed by atoms with Crippen molar-refractivity contribution >= 4 is 11.8 Å². The van der Waals surface area contributed by atoms with E-state index in [1.807, 2.05) is 60.7 Å². The van der Waals surface area contributed by atoms with Crippen LogP contribution in [0, 0.1) is 6.92 Å². The highest BCUT2D eigenvalue weighted by atomic mass is 16.5. The summed E-state index contributed by atoms with van der Waals surface area (Å²) in [5.74, 6) is -0.000343. The first-order valence-corrected chi connectivity index (χ1v) is 8.57. The molecule has 1 heterocycles. The van der Waals surface area contributed by atoms with Gasteiger partial charge in [0.1, 0.15) is 5.56 Å². The summed E-state index contributed by atoms with van der Waals surface area (Å²) in [5.41, 5.74) is 3.18. The minimum Gasteiger partial charge on any atom is -0.462 e. The van der Waals surface area contributed by atoms with Gasteiger partial charge in [-0.2, -0.15) is 5.10 Å². The molecular weight excluding hydrogens is 326 g/mol. The van der Waals surface area contributed by atoms with Crippen LogP contribution in [0.2, 0.25) is 0 Å². The third-order valence-corrected chi connectivity index (χ3v) is 3.96. The van der Waals surface area contributed by atoms with Crippen LogP contribution in [0.1, 0.15) is 40.1 Å². The monoisotopic (exact) mass is 347 g/mol. The van der Waals surface area contributed by atoms with Crippen molar-refractivity contribution in [1.29, 1.82) is 0 Å². The maximum Gasteiger partial charge on any atom is 0.342 e. The Balaban J connectivity index is 2.01. The molecule has 26 heavy (non-hydrogen) atoms. The van der Waals surface area contributed by atoms with Gasteiger partial charge in [0.2, 0.25) is 0 Å². The number of aryl methyl sites for hydroxylation is 1. The summed E-state index contributed by atoms with van der Waals surface area (Å²) in [5, 5.41) is 11.7. The van der Waals surface area contributed by atoms with Gasteiger partial charge in [-0.1, -0.05) is 60.7 Å². The molecule has 0 spiro atoms. The average molecular weight is 347 g/mol. The molecular formula is C21H21N3O2. The highest BCUT2D eigenvalue weighted by Gasteiger charge is 2.20. The van der Waals surface area contributed by atoms with Crippen molar-refractivity contribution in [2.45, 2.75) is 19.9 Å². The Morgan fingerprint density at radius 2 is 1.58 bits per heavy atom. The van der Waals surface area contributed by atoms with Gasteiger partial charge < -0.3 is 10.1 Å². The van der Waals surface area contributed by atoms with Gasteiger partial charge in [-0.15, -0.1) is 5.10 Å². The molecule has 0 atom stereocenters. The quantitative estimate of drug-likeness (QED) is 0.678. The summed E-state index contributed by atoms with van der Waals surface area (Å²) in [6, 6.07) is 21.6. The van der Waals surface area contributed by atoms with Crippen LogP contribution in [0.4, 0.5) is 5.82 Å². The predicted molar refractivity (Wildman–Crippen MR) is 101 cm³/mol. The second kappa shape index (κ2) is 8.25. The SMILES string of the molecule is CCOC(=O)c1cc(C)nnc1NC(c1ccccc1)c1ccccc1. The molecule has 0 fully saturated rings. The summed E-state index contributed by atoms with van der Waals surface area (Å²) in [6.07, 6.45) is 0. The molecule has 3 aromatic rings. The second-order valence-corrected chi connectivity index (χ2v) is 5.87. The summed E-state index contributed by atoms with van der Waals surface area (Å²) in [6.45, 7) is 3.88. The number of ether oxygens (including phenoxy) is 1. The largest absolute Gasteiger partial charge is 0.462 e. The zero-order valence-electron chi connectivity index (χ0n) is 14.8. The lowest BCUT2D eigenvalue weighted by atomic mass is 9.98. The van der Waals surface area contributed by atoms with Gasteiger partial charge in [0.25, 0.3) is 0 Å². The first-order chi connectivity index (χ1) is 12.7. The Morgan fingerprint density at radius 1 is 1.00 bits per heavy atom. The highest BCUT2D eigenvalue weighted by molar-refractivity contribution is 5.94. The highest BCUT2D eigenvalue weighted by Crippen LogP contribution is 2.27. The fraction of sp³-hybridized carbons (Fsp3) is 0.190. The number of nitrogens with zero attached hydrogens (tertiary/aromatic N) is 2. The maximum atomic E-state index is 12.3. The molecule has 0 radical (unpaired) electrons. The van der Waals surface area contributed by atoms with Crippen molar-refractivity contribution in [3.63, 3.8) is 0 Å². The number of carbonyl (C=O) groups excluding carboxylic acids is 1. The first kappa shape index (κ1) is 17.6. The van der Waals surface area contributed by atoms with E-state index in [0.717, 1.165) is 11.1 Å². The van der Waals surface area contributed by atoms with E-state index in [4.69, 9.17) is 4.74 Å². The van der Waals surface area contributed by atoms with E-state index >= 15 is 0 Å². The van der Waals surface area contributed by atoms with Crippen LogP contribution in [0.25, 0.3) is 0 Å². The number of rotatable bonds is 6. The van der Waals surface area contributed by atoms with E-state index in [9.17, 15) is 4.79 Å². The summed E-state index contributed by atoms with van der Waals surface area (Å²) < 4.78 is 5.17. The number of aromatic nitrogens is 2. The second-order valence-electron chi connectivity index (χ2n) is 5.87. The molecule has 3 rings (SSSR count). The molecule has 132 valence electrons. The zero-order chi connectivity index (χ0) is 18.4. The Kier molecular flexibility index (Phi) is 5.59. The van der Waals surface area contributed by atoms with Crippen molar-refractivity contribution in [2.24, 2.45) is 0 Å². The van der Waals surface area contributed by atoms with Crippen molar-refractivity contribution in [3.8, 4) is 0 Å². The van der Waals surface area contributed by atoms with Gasteiger partial charge in [-0.05, 0) is 31.0 Å². The van der Waals surface area contributed by atoms with Crippen LogP contribution in [0.15, 0.2) is 66.7 Å². The van der Waals surface area contributed by atoms with Crippen molar-refractivity contribution in [3.05, 3.63) is 89.1 Å². The Hall–Kier alpha value is -3.21. The lowest BCUT2D eigenvalue weighted by Crippen LogP contribution is -2.18. The van der Waals surface area contributed by atoms with Crippen LogP contribution in [-0.2, 0) is 4.74 Å². The number of esters is 1. The molecule has 1 aromatic heterocycles. The van der Waals surface area contributed by atoms with E-state index in [2.05, 4.69) is 15.5 Å². The normalized spacial score (nSPS) is 10.6. The van der Waals surface area contributed by atoms with Gasteiger partial charge in [0.05, 0.1) is 18.3 Å². The molecule has 0 saturated heterocycles. The molecule has 5 heteroatoms. The van der Waals surface area contributed by atoms with Gasteiger partial charge in [0, 0.05) is 0 Å². The average Bonchev–Trinajstić information content (AvgIpc) is 2.68.